The highest BCUT2D eigenvalue weighted by atomic mass is 32.2. The Morgan fingerprint density at radius 2 is 1.47 bits per heavy atom. The molecule has 2 aromatic rings. The first kappa shape index (κ1) is 13.8. The van der Waals surface area contributed by atoms with Crippen LogP contribution in [0.4, 0.5) is 4.79 Å². The first-order valence-electron chi connectivity index (χ1n) is 5.49. The Balaban J connectivity index is 1.83. The van der Waals surface area contributed by atoms with E-state index < -0.39 is 6.03 Å². The predicted molar refractivity (Wildman–Crippen MR) is 76.8 cm³/mol. The highest BCUT2D eigenvalue weighted by molar-refractivity contribution is 7.99. The number of urea groups is 1. The first-order valence-corrected chi connectivity index (χ1v) is 7.08. The average Bonchev–Trinajstić information content (AvgIpc) is 2.47. The van der Waals surface area contributed by atoms with E-state index in [0.29, 0.717) is 4.47 Å². The Labute approximate surface area is 120 Å². The zero-order valence-electron chi connectivity index (χ0n) is 9.89. The molecule has 19 heavy (non-hydrogen) atoms. The SMILES string of the molecule is O=C(NSc1ccccc1)N(O)Sc1ccccc1. The molecule has 0 spiro atoms. The van der Waals surface area contributed by atoms with Gasteiger partial charge in [0.25, 0.3) is 0 Å². The van der Waals surface area contributed by atoms with Gasteiger partial charge in [-0.1, -0.05) is 36.4 Å². The second-order valence-corrected chi connectivity index (χ2v) is 5.38. The second kappa shape index (κ2) is 7.08. The number of nitrogens with zero attached hydrogens (tertiary/aromatic N) is 1. The van der Waals surface area contributed by atoms with E-state index in [9.17, 15) is 10.0 Å². The number of benzene rings is 2. The van der Waals surface area contributed by atoms with E-state index in [1.54, 1.807) is 0 Å². The summed E-state index contributed by atoms with van der Waals surface area (Å²) in [6.45, 7) is 0. The minimum Gasteiger partial charge on any atom is -0.275 e. The lowest BCUT2D eigenvalue weighted by Crippen LogP contribution is -2.28. The zero-order valence-corrected chi connectivity index (χ0v) is 11.5. The molecule has 0 saturated carbocycles. The van der Waals surface area contributed by atoms with Crippen molar-refractivity contribution in [3.63, 3.8) is 0 Å². The van der Waals surface area contributed by atoms with Gasteiger partial charge in [0.05, 0.1) is 0 Å². The molecule has 0 bridgehead atoms. The molecular weight excluding hydrogens is 280 g/mol. The smallest absolute Gasteiger partial charge is 0.275 e. The molecule has 0 heterocycles. The van der Waals surface area contributed by atoms with Crippen molar-refractivity contribution in [2.45, 2.75) is 9.79 Å². The van der Waals surface area contributed by atoms with Gasteiger partial charge in [0.1, 0.15) is 0 Å². The van der Waals surface area contributed by atoms with Crippen LogP contribution in [-0.4, -0.2) is 15.7 Å². The number of carbonyl (C=O) groups excluding carboxylic acids is 1. The summed E-state index contributed by atoms with van der Waals surface area (Å²) in [5.41, 5.74) is 0. The van der Waals surface area contributed by atoms with Gasteiger partial charge < -0.3 is 0 Å². The van der Waals surface area contributed by atoms with Crippen LogP contribution in [0.2, 0.25) is 0 Å². The minimum absolute atomic E-state index is 0.575. The van der Waals surface area contributed by atoms with Crippen LogP contribution in [0.1, 0.15) is 0 Å². The van der Waals surface area contributed by atoms with Crippen molar-refractivity contribution in [3.05, 3.63) is 60.7 Å². The van der Waals surface area contributed by atoms with Crippen molar-refractivity contribution < 1.29 is 10.0 Å². The van der Waals surface area contributed by atoms with Crippen LogP contribution < -0.4 is 4.72 Å². The molecule has 0 aromatic heterocycles. The molecular formula is C13H12N2O2S2. The van der Waals surface area contributed by atoms with E-state index in [1.807, 2.05) is 60.7 Å². The average molecular weight is 292 g/mol. The fourth-order valence-electron chi connectivity index (χ4n) is 1.25. The summed E-state index contributed by atoms with van der Waals surface area (Å²) in [6.07, 6.45) is 0. The standard InChI is InChI=1S/C13H12N2O2S2/c16-13(14-18-11-7-3-1-4-8-11)15(17)19-12-9-5-2-6-10-12/h1-10,17H,(H,14,16). The van der Waals surface area contributed by atoms with Gasteiger partial charge in [-0.3, -0.25) is 9.93 Å². The van der Waals surface area contributed by atoms with Crippen molar-refractivity contribution in [1.82, 2.24) is 9.19 Å². The van der Waals surface area contributed by atoms with Crippen LogP contribution in [0.15, 0.2) is 70.5 Å². The number of amides is 2. The zero-order chi connectivity index (χ0) is 13.5. The molecule has 0 aliphatic rings. The lowest BCUT2D eigenvalue weighted by molar-refractivity contribution is 0.0561. The summed E-state index contributed by atoms with van der Waals surface area (Å²) in [5, 5.41) is 9.62. The Morgan fingerprint density at radius 3 is 2.05 bits per heavy atom. The summed E-state index contributed by atoms with van der Waals surface area (Å²) >= 11 is 2.10. The van der Waals surface area contributed by atoms with Gasteiger partial charge >= 0.3 is 6.03 Å². The topological polar surface area (TPSA) is 52.6 Å². The van der Waals surface area contributed by atoms with E-state index >= 15 is 0 Å². The van der Waals surface area contributed by atoms with E-state index in [-0.39, 0.29) is 0 Å². The molecule has 0 aliphatic carbocycles. The molecule has 2 amide bonds. The normalized spacial score (nSPS) is 9.95. The van der Waals surface area contributed by atoms with Crippen molar-refractivity contribution in [2.24, 2.45) is 0 Å². The van der Waals surface area contributed by atoms with Gasteiger partial charge in [0.15, 0.2) is 0 Å². The summed E-state index contributed by atoms with van der Waals surface area (Å²) in [5.74, 6) is 0. The predicted octanol–water partition coefficient (Wildman–Crippen LogP) is 3.80. The number of nitrogens with one attached hydrogen (secondary N) is 1. The molecule has 0 unspecified atom stereocenters. The Kier molecular flexibility index (Phi) is 5.14. The molecule has 0 saturated heterocycles. The fraction of sp³-hybridized carbons (Fsp3) is 0. The molecule has 2 aromatic carbocycles. The maximum atomic E-state index is 11.6. The molecule has 2 N–H and O–H groups in total. The maximum Gasteiger partial charge on any atom is 0.362 e. The summed E-state index contributed by atoms with van der Waals surface area (Å²) in [4.78, 5) is 13.3. The lowest BCUT2D eigenvalue weighted by atomic mass is 10.4. The number of rotatable bonds is 4. The van der Waals surface area contributed by atoms with Crippen LogP contribution in [0, 0.1) is 0 Å². The lowest BCUT2D eigenvalue weighted by Gasteiger charge is -2.13. The van der Waals surface area contributed by atoms with Crippen LogP contribution in [-0.2, 0) is 0 Å². The van der Waals surface area contributed by atoms with E-state index in [4.69, 9.17) is 0 Å². The van der Waals surface area contributed by atoms with Gasteiger partial charge in [-0.15, -0.1) is 4.47 Å². The monoisotopic (exact) mass is 292 g/mol. The molecule has 98 valence electrons. The Bertz CT molecular complexity index is 523. The van der Waals surface area contributed by atoms with Crippen molar-refractivity contribution in [3.8, 4) is 0 Å². The molecule has 4 nitrogen and oxygen atoms in total. The molecule has 0 fully saturated rings. The Morgan fingerprint density at radius 1 is 0.947 bits per heavy atom. The molecule has 2 rings (SSSR count). The summed E-state index contributed by atoms with van der Waals surface area (Å²) in [7, 11) is 0. The number of hydroxylamine groups is 1. The van der Waals surface area contributed by atoms with Crippen molar-refractivity contribution in [2.75, 3.05) is 0 Å². The minimum atomic E-state index is -0.581. The highest BCUT2D eigenvalue weighted by Gasteiger charge is 2.12. The highest BCUT2D eigenvalue weighted by Crippen LogP contribution is 2.21. The van der Waals surface area contributed by atoms with Gasteiger partial charge in [-0.2, -0.15) is 0 Å². The summed E-state index contributed by atoms with van der Waals surface area (Å²) < 4.78 is 3.13. The largest absolute Gasteiger partial charge is 0.362 e. The molecule has 0 atom stereocenters. The molecule has 6 heteroatoms. The van der Waals surface area contributed by atoms with E-state index in [2.05, 4.69) is 4.72 Å². The molecule has 0 aliphatic heterocycles. The quantitative estimate of drug-likeness (QED) is 0.511. The Hall–Kier alpha value is -1.63. The van der Waals surface area contributed by atoms with E-state index in [1.165, 1.54) is 0 Å². The van der Waals surface area contributed by atoms with Gasteiger partial charge in [0.2, 0.25) is 0 Å². The molecule has 0 radical (unpaired) electrons. The van der Waals surface area contributed by atoms with Crippen molar-refractivity contribution >= 4 is 29.9 Å². The van der Waals surface area contributed by atoms with Crippen LogP contribution in [0.3, 0.4) is 0 Å². The first-order chi connectivity index (χ1) is 9.25. The third kappa shape index (κ3) is 4.51. The third-order valence-corrected chi connectivity index (χ3v) is 3.71. The maximum absolute atomic E-state index is 11.6. The van der Waals surface area contributed by atoms with Crippen molar-refractivity contribution in [1.29, 1.82) is 0 Å². The van der Waals surface area contributed by atoms with Crippen LogP contribution in [0.5, 0.6) is 0 Å². The van der Waals surface area contributed by atoms with Gasteiger partial charge in [-0.05, 0) is 36.2 Å². The number of hydrogen-bond acceptors (Lipinski definition) is 4. The van der Waals surface area contributed by atoms with E-state index in [0.717, 1.165) is 33.7 Å². The third-order valence-electron chi connectivity index (χ3n) is 2.11. The van der Waals surface area contributed by atoms with Crippen LogP contribution >= 0.6 is 23.9 Å². The fourth-order valence-corrected chi connectivity index (χ4v) is 2.50. The number of hydrogen-bond donors (Lipinski definition) is 2. The second-order valence-electron chi connectivity index (χ2n) is 3.50. The number of carbonyl (C=O) groups is 1. The van der Waals surface area contributed by atoms with Crippen LogP contribution in [0.25, 0.3) is 0 Å². The van der Waals surface area contributed by atoms with Gasteiger partial charge in [0, 0.05) is 21.7 Å². The summed E-state index contributed by atoms with van der Waals surface area (Å²) in [6, 6.07) is 18.0. The van der Waals surface area contributed by atoms with Gasteiger partial charge in [-0.25, -0.2) is 4.79 Å².